The maximum Gasteiger partial charge on any atom is 0.244 e. The number of morpholine rings is 1. The van der Waals surface area contributed by atoms with Gasteiger partial charge in [-0.1, -0.05) is 0 Å². The summed E-state index contributed by atoms with van der Waals surface area (Å²) in [5.74, 6) is 0.581. The summed E-state index contributed by atoms with van der Waals surface area (Å²) in [6, 6.07) is 3.59. The van der Waals surface area contributed by atoms with Gasteiger partial charge in [0, 0.05) is 32.3 Å². The Morgan fingerprint density at radius 1 is 1.44 bits per heavy atom. The van der Waals surface area contributed by atoms with Gasteiger partial charge in [-0.3, -0.25) is 9.69 Å². The molecule has 0 bridgehead atoms. The van der Waals surface area contributed by atoms with Gasteiger partial charge in [-0.25, -0.2) is 0 Å². The summed E-state index contributed by atoms with van der Waals surface area (Å²) >= 11 is 0. The number of hydrogen-bond donors (Lipinski definition) is 1. The quantitative estimate of drug-likeness (QED) is 0.783. The van der Waals surface area contributed by atoms with Crippen molar-refractivity contribution >= 4 is 12.0 Å². The van der Waals surface area contributed by atoms with E-state index in [1.807, 2.05) is 0 Å². The number of nitrogens with zero attached hydrogens (tertiary/aromatic N) is 1. The molecule has 1 fully saturated rings. The Labute approximate surface area is 106 Å². The van der Waals surface area contributed by atoms with Crippen LogP contribution in [0.4, 0.5) is 0 Å². The van der Waals surface area contributed by atoms with Crippen LogP contribution in [0, 0.1) is 0 Å². The number of hydrogen-bond acceptors (Lipinski definition) is 4. The second-order valence-corrected chi connectivity index (χ2v) is 4.09. The van der Waals surface area contributed by atoms with Crippen molar-refractivity contribution in [2.24, 2.45) is 0 Å². The van der Waals surface area contributed by atoms with E-state index in [9.17, 15) is 4.79 Å². The average Bonchev–Trinajstić information content (AvgIpc) is 2.91. The lowest BCUT2D eigenvalue weighted by Gasteiger charge is -2.26. The van der Waals surface area contributed by atoms with Crippen LogP contribution in [-0.2, 0) is 9.53 Å². The molecule has 2 heterocycles. The van der Waals surface area contributed by atoms with E-state index in [4.69, 9.17) is 9.15 Å². The molecule has 1 aromatic heterocycles. The van der Waals surface area contributed by atoms with E-state index in [2.05, 4.69) is 10.2 Å². The lowest BCUT2D eigenvalue weighted by atomic mass is 10.3. The Morgan fingerprint density at radius 3 is 3.00 bits per heavy atom. The van der Waals surface area contributed by atoms with Crippen LogP contribution in [0.25, 0.3) is 6.08 Å². The maximum absolute atomic E-state index is 11.5. The zero-order valence-corrected chi connectivity index (χ0v) is 10.3. The van der Waals surface area contributed by atoms with E-state index in [1.54, 1.807) is 24.5 Å². The van der Waals surface area contributed by atoms with Crippen molar-refractivity contribution in [2.75, 3.05) is 39.4 Å². The monoisotopic (exact) mass is 250 g/mol. The highest BCUT2D eigenvalue weighted by molar-refractivity contribution is 5.91. The van der Waals surface area contributed by atoms with Crippen molar-refractivity contribution in [1.82, 2.24) is 10.2 Å². The highest BCUT2D eigenvalue weighted by atomic mass is 16.5. The molecule has 1 aromatic rings. The van der Waals surface area contributed by atoms with Crippen molar-refractivity contribution in [3.8, 4) is 0 Å². The molecule has 5 nitrogen and oxygen atoms in total. The molecule has 1 N–H and O–H groups in total. The molecular formula is C13H18N2O3. The fourth-order valence-corrected chi connectivity index (χ4v) is 1.76. The third-order valence-electron chi connectivity index (χ3n) is 2.77. The third kappa shape index (κ3) is 4.35. The van der Waals surface area contributed by atoms with Crippen molar-refractivity contribution in [3.05, 3.63) is 30.2 Å². The first-order chi connectivity index (χ1) is 8.84. The van der Waals surface area contributed by atoms with Crippen LogP contribution in [-0.4, -0.2) is 50.2 Å². The van der Waals surface area contributed by atoms with E-state index >= 15 is 0 Å². The molecular weight excluding hydrogens is 232 g/mol. The maximum atomic E-state index is 11.5. The zero-order valence-electron chi connectivity index (χ0n) is 10.3. The minimum absolute atomic E-state index is 0.0975. The summed E-state index contributed by atoms with van der Waals surface area (Å²) in [4.78, 5) is 13.8. The fraction of sp³-hybridized carbons (Fsp3) is 0.462. The minimum atomic E-state index is -0.0975. The second kappa shape index (κ2) is 6.98. The summed E-state index contributed by atoms with van der Waals surface area (Å²) < 4.78 is 10.4. The van der Waals surface area contributed by atoms with Gasteiger partial charge in [0.2, 0.25) is 5.91 Å². The summed E-state index contributed by atoms with van der Waals surface area (Å²) in [7, 11) is 0. The zero-order chi connectivity index (χ0) is 12.6. The number of carbonyl (C=O) groups is 1. The van der Waals surface area contributed by atoms with Crippen LogP contribution in [0.5, 0.6) is 0 Å². The van der Waals surface area contributed by atoms with Crippen molar-refractivity contribution in [2.45, 2.75) is 0 Å². The summed E-state index contributed by atoms with van der Waals surface area (Å²) in [6.45, 7) is 4.97. The first kappa shape index (κ1) is 12.9. The minimum Gasteiger partial charge on any atom is -0.465 e. The Kier molecular flexibility index (Phi) is 4.99. The molecule has 0 saturated carbocycles. The van der Waals surface area contributed by atoms with Crippen LogP contribution < -0.4 is 5.32 Å². The molecule has 0 spiro atoms. The number of rotatable bonds is 5. The molecule has 1 amide bonds. The number of ether oxygens (including phenoxy) is 1. The number of furan rings is 1. The fourth-order valence-electron chi connectivity index (χ4n) is 1.76. The highest BCUT2D eigenvalue weighted by Gasteiger charge is 2.09. The highest BCUT2D eigenvalue weighted by Crippen LogP contribution is 2.01. The molecule has 0 atom stereocenters. The molecule has 0 aromatic carbocycles. The standard InChI is InChI=1S/C13H18N2O3/c16-13(4-3-12-2-1-9-18-12)14-5-6-15-7-10-17-11-8-15/h1-4,9H,5-8,10-11H2,(H,14,16). The molecule has 0 radical (unpaired) electrons. The van der Waals surface area contributed by atoms with Gasteiger partial charge in [-0.2, -0.15) is 0 Å². The largest absolute Gasteiger partial charge is 0.465 e. The lowest BCUT2D eigenvalue weighted by molar-refractivity contribution is -0.116. The van der Waals surface area contributed by atoms with Gasteiger partial charge in [-0.15, -0.1) is 0 Å². The van der Waals surface area contributed by atoms with Gasteiger partial charge < -0.3 is 14.5 Å². The van der Waals surface area contributed by atoms with Crippen LogP contribution in [0.2, 0.25) is 0 Å². The van der Waals surface area contributed by atoms with Gasteiger partial charge >= 0.3 is 0 Å². The SMILES string of the molecule is O=C(C=Cc1ccco1)NCCN1CCOCC1. The van der Waals surface area contributed by atoms with Crippen LogP contribution in [0.3, 0.4) is 0 Å². The Bertz CT molecular complexity index is 381. The molecule has 1 saturated heterocycles. The summed E-state index contributed by atoms with van der Waals surface area (Å²) in [6.07, 6.45) is 4.72. The summed E-state index contributed by atoms with van der Waals surface area (Å²) in [5.41, 5.74) is 0. The van der Waals surface area contributed by atoms with Crippen molar-refractivity contribution < 1.29 is 13.9 Å². The molecule has 2 rings (SSSR count). The molecule has 1 aliphatic rings. The number of amides is 1. The number of carbonyl (C=O) groups excluding carboxylic acids is 1. The van der Waals surface area contributed by atoms with Crippen LogP contribution >= 0.6 is 0 Å². The normalized spacial score (nSPS) is 17.1. The molecule has 18 heavy (non-hydrogen) atoms. The molecule has 5 heteroatoms. The molecule has 0 aliphatic carbocycles. The smallest absolute Gasteiger partial charge is 0.244 e. The molecule has 0 unspecified atom stereocenters. The second-order valence-electron chi connectivity index (χ2n) is 4.09. The van der Waals surface area contributed by atoms with Crippen molar-refractivity contribution in [1.29, 1.82) is 0 Å². The van der Waals surface area contributed by atoms with Crippen molar-refractivity contribution in [3.63, 3.8) is 0 Å². The van der Waals surface area contributed by atoms with Gasteiger partial charge in [0.1, 0.15) is 5.76 Å². The lowest BCUT2D eigenvalue weighted by Crippen LogP contribution is -2.41. The predicted octanol–water partition coefficient (Wildman–Crippen LogP) is 0.741. The number of nitrogens with one attached hydrogen (secondary N) is 1. The molecule has 98 valence electrons. The van der Waals surface area contributed by atoms with E-state index in [-0.39, 0.29) is 5.91 Å². The van der Waals surface area contributed by atoms with E-state index in [0.29, 0.717) is 12.3 Å². The van der Waals surface area contributed by atoms with Gasteiger partial charge in [0.05, 0.1) is 19.5 Å². The van der Waals surface area contributed by atoms with Crippen LogP contribution in [0.1, 0.15) is 5.76 Å². The van der Waals surface area contributed by atoms with Gasteiger partial charge in [0.15, 0.2) is 0 Å². The van der Waals surface area contributed by atoms with Gasteiger partial charge in [-0.05, 0) is 18.2 Å². The first-order valence-corrected chi connectivity index (χ1v) is 6.14. The Balaban J connectivity index is 1.62. The molecule has 1 aliphatic heterocycles. The van der Waals surface area contributed by atoms with E-state index in [0.717, 1.165) is 32.8 Å². The van der Waals surface area contributed by atoms with E-state index in [1.165, 1.54) is 6.08 Å². The van der Waals surface area contributed by atoms with Crippen LogP contribution in [0.15, 0.2) is 28.9 Å². The first-order valence-electron chi connectivity index (χ1n) is 6.14. The third-order valence-corrected chi connectivity index (χ3v) is 2.77. The Morgan fingerprint density at radius 2 is 2.28 bits per heavy atom. The average molecular weight is 250 g/mol. The predicted molar refractivity (Wildman–Crippen MR) is 68.0 cm³/mol. The Hall–Kier alpha value is -1.59. The summed E-state index contributed by atoms with van der Waals surface area (Å²) in [5, 5.41) is 2.84. The topological polar surface area (TPSA) is 54.7 Å². The van der Waals surface area contributed by atoms with E-state index < -0.39 is 0 Å². The van der Waals surface area contributed by atoms with Gasteiger partial charge in [0.25, 0.3) is 0 Å².